The van der Waals surface area contributed by atoms with Crippen molar-refractivity contribution in [1.29, 1.82) is 0 Å². The summed E-state index contributed by atoms with van der Waals surface area (Å²) in [5.41, 5.74) is 6.56. The summed E-state index contributed by atoms with van der Waals surface area (Å²) >= 11 is 1.74. The zero-order valence-corrected chi connectivity index (χ0v) is 9.91. The molecule has 2 aromatic rings. The quantitative estimate of drug-likeness (QED) is 0.807. The van der Waals surface area contributed by atoms with E-state index in [9.17, 15) is 0 Å². The number of hydrogen-bond acceptors (Lipinski definition) is 4. The van der Waals surface area contributed by atoms with E-state index in [1.807, 2.05) is 24.5 Å². The maximum Gasteiger partial charge on any atom is 0.125 e. The standard InChI is InChI=1S/C12H15N3S/c13-6-2-1-5-11-9-15-12(16-11)10-4-3-7-14-8-10/h3-4,7-9H,1-2,5-6,13H2. The third-order valence-corrected chi connectivity index (χ3v) is 3.45. The Morgan fingerprint density at radius 2 is 2.19 bits per heavy atom. The molecular formula is C12H15N3S. The average Bonchev–Trinajstić information content (AvgIpc) is 2.79. The highest BCUT2D eigenvalue weighted by atomic mass is 32.1. The van der Waals surface area contributed by atoms with Crippen molar-refractivity contribution in [3.05, 3.63) is 35.6 Å². The molecule has 84 valence electrons. The molecule has 0 aliphatic heterocycles. The summed E-state index contributed by atoms with van der Waals surface area (Å²) in [4.78, 5) is 9.83. The van der Waals surface area contributed by atoms with Crippen LogP contribution in [0.25, 0.3) is 10.6 Å². The van der Waals surface area contributed by atoms with E-state index in [4.69, 9.17) is 5.73 Å². The number of hydrogen-bond donors (Lipinski definition) is 1. The van der Waals surface area contributed by atoms with Gasteiger partial charge in [0, 0.05) is 29.0 Å². The van der Waals surface area contributed by atoms with Crippen LogP contribution in [0.1, 0.15) is 17.7 Å². The highest BCUT2D eigenvalue weighted by Crippen LogP contribution is 2.25. The predicted molar refractivity (Wildman–Crippen MR) is 67.3 cm³/mol. The van der Waals surface area contributed by atoms with Crippen molar-refractivity contribution in [2.45, 2.75) is 19.3 Å². The summed E-state index contributed by atoms with van der Waals surface area (Å²) in [6, 6.07) is 3.97. The molecular weight excluding hydrogens is 218 g/mol. The highest BCUT2D eigenvalue weighted by Gasteiger charge is 2.03. The van der Waals surface area contributed by atoms with Crippen molar-refractivity contribution >= 4 is 11.3 Å². The molecule has 0 saturated carbocycles. The average molecular weight is 233 g/mol. The molecule has 0 spiro atoms. The van der Waals surface area contributed by atoms with E-state index in [0.29, 0.717) is 0 Å². The molecule has 0 bridgehead atoms. The lowest BCUT2D eigenvalue weighted by atomic mass is 10.2. The molecule has 0 saturated heterocycles. The predicted octanol–water partition coefficient (Wildman–Crippen LogP) is 2.49. The Bertz CT molecular complexity index is 425. The van der Waals surface area contributed by atoms with Crippen LogP contribution in [0.2, 0.25) is 0 Å². The molecule has 2 heterocycles. The fourth-order valence-electron chi connectivity index (χ4n) is 1.49. The second kappa shape index (κ2) is 5.72. The van der Waals surface area contributed by atoms with Crippen LogP contribution in [-0.4, -0.2) is 16.5 Å². The Morgan fingerprint density at radius 1 is 1.25 bits per heavy atom. The smallest absolute Gasteiger partial charge is 0.125 e. The van der Waals surface area contributed by atoms with Gasteiger partial charge in [-0.2, -0.15) is 0 Å². The zero-order valence-electron chi connectivity index (χ0n) is 9.10. The van der Waals surface area contributed by atoms with Crippen molar-refractivity contribution in [2.75, 3.05) is 6.54 Å². The van der Waals surface area contributed by atoms with E-state index in [1.54, 1.807) is 17.5 Å². The number of thiazole rings is 1. The van der Waals surface area contributed by atoms with Crippen LogP contribution in [0.5, 0.6) is 0 Å². The van der Waals surface area contributed by atoms with Crippen LogP contribution in [-0.2, 0) is 6.42 Å². The molecule has 0 radical (unpaired) electrons. The van der Waals surface area contributed by atoms with E-state index in [-0.39, 0.29) is 0 Å². The van der Waals surface area contributed by atoms with Crippen molar-refractivity contribution in [3.8, 4) is 10.6 Å². The fourth-order valence-corrected chi connectivity index (χ4v) is 2.43. The SMILES string of the molecule is NCCCCc1cnc(-c2cccnc2)s1. The monoisotopic (exact) mass is 233 g/mol. The highest BCUT2D eigenvalue weighted by molar-refractivity contribution is 7.15. The molecule has 0 aromatic carbocycles. The lowest BCUT2D eigenvalue weighted by Crippen LogP contribution is -1.98. The van der Waals surface area contributed by atoms with Gasteiger partial charge in [-0.15, -0.1) is 11.3 Å². The molecule has 4 heteroatoms. The maximum atomic E-state index is 5.47. The Labute approximate surface area is 99.4 Å². The Hall–Kier alpha value is -1.26. The molecule has 3 nitrogen and oxygen atoms in total. The lowest BCUT2D eigenvalue weighted by Gasteiger charge is -1.94. The van der Waals surface area contributed by atoms with E-state index in [0.717, 1.165) is 36.4 Å². The van der Waals surface area contributed by atoms with E-state index >= 15 is 0 Å². The Morgan fingerprint density at radius 3 is 2.94 bits per heavy atom. The van der Waals surface area contributed by atoms with Crippen molar-refractivity contribution in [1.82, 2.24) is 9.97 Å². The first-order valence-electron chi connectivity index (χ1n) is 5.45. The van der Waals surface area contributed by atoms with Gasteiger partial charge in [0.2, 0.25) is 0 Å². The van der Waals surface area contributed by atoms with Gasteiger partial charge in [-0.3, -0.25) is 4.98 Å². The number of rotatable bonds is 5. The largest absolute Gasteiger partial charge is 0.330 e. The van der Waals surface area contributed by atoms with E-state index in [1.165, 1.54) is 4.88 Å². The molecule has 2 aromatic heterocycles. The third kappa shape index (κ3) is 2.87. The second-order valence-electron chi connectivity index (χ2n) is 3.62. The number of nitrogens with two attached hydrogens (primary N) is 1. The fraction of sp³-hybridized carbons (Fsp3) is 0.333. The van der Waals surface area contributed by atoms with Crippen LogP contribution >= 0.6 is 11.3 Å². The Balaban J connectivity index is 2.02. The van der Waals surface area contributed by atoms with E-state index in [2.05, 4.69) is 9.97 Å². The van der Waals surface area contributed by atoms with Crippen molar-refractivity contribution in [2.24, 2.45) is 5.73 Å². The van der Waals surface area contributed by atoms with Gasteiger partial charge >= 0.3 is 0 Å². The summed E-state index contributed by atoms with van der Waals surface area (Å²) in [7, 11) is 0. The van der Waals surface area contributed by atoms with Gasteiger partial charge in [-0.25, -0.2) is 4.98 Å². The van der Waals surface area contributed by atoms with Gasteiger partial charge in [0.1, 0.15) is 5.01 Å². The Kier molecular flexibility index (Phi) is 4.02. The number of aryl methyl sites for hydroxylation is 1. The second-order valence-corrected chi connectivity index (χ2v) is 4.73. The van der Waals surface area contributed by atoms with E-state index < -0.39 is 0 Å². The van der Waals surface area contributed by atoms with Gasteiger partial charge in [0.05, 0.1) is 0 Å². The minimum Gasteiger partial charge on any atom is -0.330 e. The number of nitrogens with zero attached hydrogens (tertiary/aromatic N) is 2. The van der Waals surface area contributed by atoms with Gasteiger partial charge in [-0.05, 0) is 37.9 Å². The van der Waals surface area contributed by atoms with Crippen LogP contribution < -0.4 is 5.73 Å². The van der Waals surface area contributed by atoms with Crippen molar-refractivity contribution < 1.29 is 0 Å². The number of unbranched alkanes of at least 4 members (excludes halogenated alkanes) is 1. The number of pyridine rings is 1. The summed E-state index contributed by atoms with van der Waals surface area (Å²) in [5, 5.41) is 1.05. The molecule has 2 N–H and O–H groups in total. The van der Waals surface area contributed by atoms with Gasteiger partial charge in [0.15, 0.2) is 0 Å². The van der Waals surface area contributed by atoms with Gasteiger partial charge in [-0.1, -0.05) is 0 Å². The van der Waals surface area contributed by atoms with Crippen LogP contribution in [0, 0.1) is 0 Å². The third-order valence-electron chi connectivity index (χ3n) is 2.34. The van der Waals surface area contributed by atoms with Crippen LogP contribution in [0.4, 0.5) is 0 Å². The topological polar surface area (TPSA) is 51.8 Å². The lowest BCUT2D eigenvalue weighted by molar-refractivity contribution is 0.750. The maximum absolute atomic E-state index is 5.47. The molecule has 0 aliphatic rings. The first-order chi connectivity index (χ1) is 7.90. The zero-order chi connectivity index (χ0) is 11.2. The minimum absolute atomic E-state index is 0.772. The molecule has 16 heavy (non-hydrogen) atoms. The molecule has 0 fully saturated rings. The molecule has 0 atom stereocenters. The van der Waals surface area contributed by atoms with Gasteiger partial charge < -0.3 is 5.73 Å². The summed E-state index contributed by atoms with van der Waals surface area (Å²) in [5.74, 6) is 0. The summed E-state index contributed by atoms with van der Waals surface area (Å²) in [6.45, 7) is 0.772. The first kappa shape index (κ1) is 11.2. The first-order valence-corrected chi connectivity index (χ1v) is 6.27. The van der Waals surface area contributed by atoms with Crippen LogP contribution in [0.15, 0.2) is 30.7 Å². The minimum atomic E-state index is 0.772. The van der Waals surface area contributed by atoms with Crippen LogP contribution in [0.3, 0.4) is 0 Å². The summed E-state index contributed by atoms with van der Waals surface area (Å²) < 4.78 is 0. The normalized spacial score (nSPS) is 10.6. The molecule has 2 rings (SSSR count). The molecule has 0 amide bonds. The molecule has 0 unspecified atom stereocenters. The number of aromatic nitrogens is 2. The van der Waals surface area contributed by atoms with Crippen molar-refractivity contribution in [3.63, 3.8) is 0 Å². The van der Waals surface area contributed by atoms with Gasteiger partial charge in [0.25, 0.3) is 0 Å². The molecule has 0 aliphatic carbocycles. The summed E-state index contributed by atoms with van der Waals surface area (Å²) in [6.07, 6.45) is 8.89.